The van der Waals surface area contributed by atoms with E-state index in [9.17, 15) is 4.79 Å². The van der Waals surface area contributed by atoms with Crippen LogP contribution in [0.4, 0.5) is 0 Å². The second kappa shape index (κ2) is 4.84. The van der Waals surface area contributed by atoms with Crippen LogP contribution >= 0.6 is 27.7 Å². The van der Waals surface area contributed by atoms with Gasteiger partial charge in [-0.1, -0.05) is 18.2 Å². The van der Waals surface area contributed by atoms with Crippen LogP contribution < -0.4 is 5.63 Å². The first-order valence-corrected chi connectivity index (χ1v) is 6.18. The molecule has 0 spiro atoms. The van der Waals surface area contributed by atoms with Crippen LogP contribution in [0.5, 0.6) is 0 Å². The van der Waals surface area contributed by atoms with E-state index in [0.717, 1.165) is 4.90 Å². The molecular formula is C11H8BrNO2S. The molecule has 16 heavy (non-hydrogen) atoms. The SMILES string of the molecule is Cc1nc(Sc2ccccc2)oc(=O)c1Br. The molecule has 3 nitrogen and oxygen atoms in total. The van der Waals surface area contributed by atoms with Crippen LogP contribution in [0.1, 0.15) is 5.69 Å². The molecule has 0 saturated carbocycles. The van der Waals surface area contributed by atoms with Gasteiger partial charge in [0.25, 0.3) is 5.22 Å². The quantitative estimate of drug-likeness (QED) is 0.853. The van der Waals surface area contributed by atoms with Gasteiger partial charge < -0.3 is 4.42 Å². The summed E-state index contributed by atoms with van der Waals surface area (Å²) < 4.78 is 5.42. The summed E-state index contributed by atoms with van der Waals surface area (Å²) in [6, 6.07) is 9.65. The van der Waals surface area contributed by atoms with Crippen LogP contribution in [0.25, 0.3) is 0 Å². The fraction of sp³-hybridized carbons (Fsp3) is 0.0909. The molecule has 0 amide bonds. The van der Waals surface area contributed by atoms with E-state index in [1.807, 2.05) is 30.3 Å². The topological polar surface area (TPSA) is 43.1 Å². The molecule has 0 atom stereocenters. The zero-order valence-electron chi connectivity index (χ0n) is 8.44. The first-order valence-electron chi connectivity index (χ1n) is 4.57. The van der Waals surface area contributed by atoms with E-state index < -0.39 is 5.63 Å². The largest absolute Gasteiger partial charge is 0.397 e. The molecule has 5 heteroatoms. The Kier molecular flexibility index (Phi) is 3.46. The van der Waals surface area contributed by atoms with Crippen molar-refractivity contribution in [1.82, 2.24) is 4.98 Å². The van der Waals surface area contributed by atoms with Gasteiger partial charge in [-0.2, -0.15) is 0 Å². The van der Waals surface area contributed by atoms with Crippen LogP contribution in [-0.2, 0) is 0 Å². The molecule has 82 valence electrons. The smallest absolute Gasteiger partial charge is 0.354 e. The van der Waals surface area contributed by atoms with Gasteiger partial charge in [0.05, 0.1) is 5.69 Å². The van der Waals surface area contributed by atoms with Crippen molar-refractivity contribution in [3.8, 4) is 0 Å². The van der Waals surface area contributed by atoms with Gasteiger partial charge in [0.15, 0.2) is 0 Å². The average Bonchev–Trinajstić information content (AvgIpc) is 2.27. The number of aryl methyl sites for hydroxylation is 1. The Morgan fingerprint density at radius 1 is 1.31 bits per heavy atom. The Bertz CT molecular complexity index is 554. The lowest BCUT2D eigenvalue weighted by molar-refractivity contribution is 0.384. The number of aromatic nitrogens is 1. The van der Waals surface area contributed by atoms with Gasteiger partial charge >= 0.3 is 5.63 Å². The van der Waals surface area contributed by atoms with E-state index in [1.54, 1.807) is 6.92 Å². The highest BCUT2D eigenvalue weighted by atomic mass is 79.9. The Morgan fingerprint density at radius 2 is 2.00 bits per heavy atom. The second-order valence-electron chi connectivity index (χ2n) is 3.08. The van der Waals surface area contributed by atoms with Crippen molar-refractivity contribution < 1.29 is 4.42 Å². The zero-order valence-corrected chi connectivity index (χ0v) is 10.8. The fourth-order valence-electron chi connectivity index (χ4n) is 1.11. The molecule has 2 aromatic rings. The lowest BCUT2D eigenvalue weighted by atomic mass is 10.4. The van der Waals surface area contributed by atoms with Crippen molar-refractivity contribution >= 4 is 27.7 Å². The number of nitrogens with zero attached hydrogens (tertiary/aromatic N) is 1. The third-order valence-corrected chi connectivity index (χ3v) is 3.64. The van der Waals surface area contributed by atoms with E-state index in [-0.39, 0.29) is 0 Å². The van der Waals surface area contributed by atoms with E-state index in [1.165, 1.54) is 11.8 Å². The normalized spacial score (nSPS) is 10.4. The second-order valence-corrected chi connectivity index (χ2v) is 4.90. The van der Waals surface area contributed by atoms with Gasteiger partial charge in [-0.3, -0.25) is 0 Å². The highest BCUT2D eigenvalue weighted by molar-refractivity contribution is 9.10. The monoisotopic (exact) mass is 297 g/mol. The summed E-state index contributed by atoms with van der Waals surface area (Å²) in [5.41, 5.74) is 0.237. The van der Waals surface area contributed by atoms with Crippen LogP contribution in [0.2, 0.25) is 0 Å². The van der Waals surface area contributed by atoms with Gasteiger partial charge in [-0.25, -0.2) is 9.78 Å². The fourth-order valence-corrected chi connectivity index (χ4v) is 2.08. The Morgan fingerprint density at radius 3 is 2.62 bits per heavy atom. The molecule has 0 N–H and O–H groups in total. The third kappa shape index (κ3) is 2.54. The Balaban J connectivity index is 2.33. The summed E-state index contributed by atoms with van der Waals surface area (Å²) in [5, 5.41) is 0.358. The summed E-state index contributed by atoms with van der Waals surface area (Å²) in [6.07, 6.45) is 0. The summed E-state index contributed by atoms with van der Waals surface area (Å²) in [6.45, 7) is 1.76. The molecule has 0 aliphatic rings. The van der Waals surface area contributed by atoms with Gasteiger partial charge in [0.2, 0.25) is 0 Å². The number of hydrogen-bond acceptors (Lipinski definition) is 4. The van der Waals surface area contributed by atoms with Gasteiger partial charge in [-0.05, 0) is 46.7 Å². The van der Waals surface area contributed by atoms with Crippen molar-refractivity contribution in [2.45, 2.75) is 17.0 Å². The Labute approximate surface area is 105 Å². The summed E-state index contributed by atoms with van der Waals surface area (Å²) in [4.78, 5) is 16.5. The number of benzene rings is 1. The molecule has 0 fully saturated rings. The number of rotatable bonds is 2. The first-order chi connectivity index (χ1) is 7.66. The minimum Gasteiger partial charge on any atom is -0.397 e. The Hall–Kier alpha value is -1.07. The van der Waals surface area contributed by atoms with E-state index in [4.69, 9.17) is 4.42 Å². The van der Waals surface area contributed by atoms with Crippen LogP contribution in [-0.4, -0.2) is 4.98 Å². The molecule has 2 rings (SSSR count). The predicted molar refractivity (Wildman–Crippen MR) is 65.8 cm³/mol. The molecule has 0 unspecified atom stereocenters. The zero-order chi connectivity index (χ0) is 11.5. The maximum Gasteiger partial charge on any atom is 0.354 e. The molecule has 1 heterocycles. The van der Waals surface area contributed by atoms with Gasteiger partial charge in [-0.15, -0.1) is 0 Å². The average molecular weight is 298 g/mol. The van der Waals surface area contributed by atoms with E-state index in [0.29, 0.717) is 15.4 Å². The lowest BCUT2D eigenvalue weighted by Crippen LogP contribution is -2.04. The first kappa shape index (κ1) is 11.4. The number of halogens is 1. The van der Waals surface area contributed by atoms with Crippen LogP contribution in [0.3, 0.4) is 0 Å². The predicted octanol–water partition coefficient (Wildman–Crippen LogP) is 3.26. The van der Waals surface area contributed by atoms with Crippen LogP contribution in [0.15, 0.2) is 54.1 Å². The van der Waals surface area contributed by atoms with E-state index >= 15 is 0 Å². The summed E-state index contributed by atoms with van der Waals surface area (Å²) >= 11 is 4.45. The van der Waals surface area contributed by atoms with Crippen molar-refractivity contribution in [2.75, 3.05) is 0 Å². The maximum atomic E-state index is 11.4. The summed E-state index contributed by atoms with van der Waals surface area (Å²) in [5.74, 6) is 0. The molecular weight excluding hydrogens is 290 g/mol. The minimum atomic E-state index is -0.397. The minimum absolute atomic E-state index is 0.358. The van der Waals surface area contributed by atoms with Gasteiger partial charge in [0.1, 0.15) is 4.47 Å². The van der Waals surface area contributed by atoms with Crippen molar-refractivity contribution in [1.29, 1.82) is 0 Å². The van der Waals surface area contributed by atoms with E-state index in [2.05, 4.69) is 20.9 Å². The molecule has 0 aliphatic carbocycles. The lowest BCUT2D eigenvalue weighted by Gasteiger charge is -2.00. The maximum absolute atomic E-state index is 11.4. The van der Waals surface area contributed by atoms with Crippen molar-refractivity contribution in [2.24, 2.45) is 0 Å². The standard InChI is InChI=1S/C11H8BrNO2S/c1-7-9(12)10(14)15-11(13-7)16-8-5-3-2-4-6-8/h2-6H,1H3. The third-order valence-electron chi connectivity index (χ3n) is 1.88. The summed E-state index contributed by atoms with van der Waals surface area (Å²) in [7, 11) is 0. The highest BCUT2D eigenvalue weighted by Crippen LogP contribution is 2.25. The van der Waals surface area contributed by atoms with Crippen molar-refractivity contribution in [3.05, 3.63) is 50.9 Å². The molecule has 0 radical (unpaired) electrons. The molecule has 0 bridgehead atoms. The molecule has 0 saturated heterocycles. The molecule has 1 aromatic carbocycles. The van der Waals surface area contributed by atoms with Crippen molar-refractivity contribution in [3.63, 3.8) is 0 Å². The van der Waals surface area contributed by atoms with Gasteiger partial charge in [0, 0.05) is 4.90 Å². The number of hydrogen-bond donors (Lipinski definition) is 0. The highest BCUT2D eigenvalue weighted by Gasteiger charge is 2.08. The van der Waals surface area contributed by atoms with Crippen LogP contribution in [0, 0.1) is 6.92 Å². The molecule has 1 aromatic heterocycles. The molecule has 0 aliphatic heterocycles.